The first-order chi connectivity index (χ1) is 32.7. The first kappa shape index (κ1) is 38.7. The monoisotopic (exact) mass is 844 g/mol. The second-order valence-electron chi connectivity index (χ2n) is 16.3. The van der Waals surface area contributed by atoms with Crippen molar-refractivity contribution in [1.29, 1.82) is 0 Å². The third-order valence-corrected chi connectivity index (χ3v) is 12.3. The molecular weight excluding hydrogens is 805 g/mol. The normalized spacial score (nSPS) is 11.3. The van der Waals surface area contributed by atoms with Crippen molar-refractivity contribution in [3.63, 3.8) is 0 Å². The van der Waals surface area contributed by atoms with E-state index in [9.17, 15) is 0 Å². The van der Waals surface area contributed by atoms with Crippen LogP contribution in [0.4, 0.5) is 17.1 Å². The summed E-state index contributed by atoms with van der Waals surface area (Å²) in [7, 11) is 0. The Balaban J connectivity index is 1.02. The number of hydrogen-bond donors (Lipinski definition) is 0. The van der Waals surface area contributed by atoms with Gasteiger partial charge in [0.05, 0.1) is 11.0 Å². The smallest absolute Gasteiger partial charge is 0.164 e. The van der Waals surface area contributed by atoms with Crippen LogP contribution in [-0.4, -0.2) is 24.5 Å². The van der Waals surface area contributed by atoms with Crippen LogP contribution in [0.2, 0.25) is 0 Å². The van der Waals surface area contributed by atoms with Crippen LogP contribution in [0.15, 0.2) is 243 Å². The number of pyridine rings is 1. The van der Waals surface area contributed by atoms with Crippen LogP contribution in [0.5, 0.6) is 0 Å². The highest BCUT2D eigenvalue weighted by molar-refractivity contribution is 6.19. The maximum absolute atomic E-state index is 5.21. The fraction of sp³-hybridized carbons (Fsp3) is 0. The highest BCUT2D eigenvalue weighted by Crippen LogP contribution is 2.42. The maximum Gasteiger partial charge on any atom is 0.164 e. The lowest BCUT2D eigenvalue weighted by atomic mass is 10.0. The summed E-state index contributed by atoms with van der Waals surface area (Å²) in [5.41, 5.74) is 13.7. The summed E-state index contributed by atoms with van der Waals surface area (Å²) in [4.78, 5) is 22.2. The van der Waals surface area contributed by atoms with Crippen molar-refractivity contribution in [1.82, 2.24) is 24.5 Å². The third-order valence-electron chi connectivity index (χ3n) is 12.3. The molecule has 6 heteroatoms. The highest BCUT2D eigenvalue weighted by Gasteiger charge is 2.20. The number of fused-ring (bicyclic) bond motifs is 5. The highest BCUT2D eigenvalue weighted by atomic mass is 15.1. The van der Waals surface area contributed by atoms with Crippen LogP contribution < -0.4 is 4.90 Å². The van der Waals surface area contributed by atoms with Crippen molar-refractivity contribution >= 4 is 49.6 Å². The number of rotatable bonds is 9. The van der Waals surface area contributed by atoms with Gasteiger partial charge in [-0.3, -0.25) is 4.98 Å². The average Bonchev–Trinajstić information content (AvgIpc) is 3.74. The number of anilines is 3. The average molecular weight is 845 g/mol. The zero-order valence-corrected chi connectivity index (χ0v) is 35.8. The molecule has 0 saturated heterocycles. The van der Waals surface area contributed by atoms with E-state index in [0.717, 1.165) is 78.1 Å². The number of hydrogen-bond acceptors (Lipinski definition) is 5. The molecule has 0 aliphatic rings. The van der Waals surface area contributed by atoms with E-state index in [1.165, 1.54) is 16.2 Å². The topological polar surface area (TPSA) is 59.7 Å². The zero-order chi connectivity index (χ0) is 43.8. The van der Waals surface area contributed by atoms with Gasteiger partial charge in [0.15, 0.2) is 17.5 Å². The van der Waals surface area contributed by atoms with E-state index in [2.05, 4.69) is 233 Å². The van der Waals surface area contributed by atoms with Gasteiger partial charge in [-0.15, -0.1) is 0 Å². The van der Waals surface area contributed by atoms with Crippen LogP contribution >= 0.6 is 0 Å². The minimum atomic E-state index is 0.597. The van der Waals surface area contributed by atoms with Gasteiger partial charge >= 0.3 is 0 Å². The molecule has 310 valence electrons. The number of nitrogens with zero attached hydrogens (tertiary/aromatic N) is 6. The maximum atomic E-state index is 5.21. The van der Waals surface area contributed by atoms with Crippen LogP contribution in [0, 0.1) is 0 Å². The molecule has 0 bridgehead atoms. The SMILES string of the molecule is c1ccc(-c2ccc(-c3nc(-c4ccc(-c5ccccc5)cc4)nc(-c4cccc(-n5c6ccc(N(c7ccccc7)c7ccncc7)cc6c6ccc7ccccc7c65)c4)n3)cc2)cc1. The van der Waals surface area contributed by atoms with E-state index in [1.807, 2.05) is 24.5 Å². The Kier molecular flexibility index (Phi) is 9.73. The number of para-hydroxylation sites is 1. The van der Waals surface area contributed by atoms with E-state index in [0.29, 0.717) is 17.5 Å². The van der Waals surface area contributed by atoms with Gasteiger partial charge in [-0.2, -0.15) is 0 Å². The fourth-order valence-electron chi connectivity index (χ4n) is 9.13. The molecule has 0 radical (unpaired) electrons. The number of aromatic nitrogens is 5. The number of benzene rings is 9. The van der Waals surface area contributed by atoms with Gasteiger partial charge in [0.2, 0.25) is 0 Å². The van der Waals surface area contributed by atoms with Crippen molar-refractivity contribution in [2.45, 2.75) is 0 Å². The first-order valence-corrected chi connectivity index (χ1v) is 22.1. The largest absolute Gasteiger partial charge is 0.310 e. The summed E-state index contributed by atoms with van der Waals surface area (Å²) < 4.78 is 2.40. The van der Waals surface area contributed by atoms with E-state index in [-0.39, 0.29) is 0 Å². The minimum Gasteiger partial charge on any atom is -0.310 e. The van der Waals surface area contributed by atoms with Gasteiger partial charge in [0.1, 0.15) is 0 Å². The first-order valence-electron chi connectivity index (χ1n) is 22.1. The molecule has 0 amide bonds. The Morgan fingerprint density at radius 2 is 0.833 bits per heavy atom. The Hall–Kier alpha value is -9.00. The summed E-state index contributed by atoms with van der Waals surface area (Å²) in [6.45, 7) is 0. The Morgan fingerprint density at radius 3 is 1.47 bits per heavy atom. The van der Waals surface area contributed by atoms with Crippen LogP contribution in [0.3, 0.4) is 0 Å². The fourth-order valence-corrected chi connectivity index (χ4v) is 9.13. The second-order valence-corrected chi connectivity index (χ2v) is 16.3. The van der Waals surface area contributed by atoms with Gasteiger partial charge < -0.3 is 9.47 Å². The van der Waals surface area contributed by atoms with Crippen LogP contribution in [-0.2, 0) is 0 Å². The molecule has 66 heavy (non-hydrogen) atoms. The molecule has 0 fully saturated rings. The summed E-state index contributed by atoms with van der Waals surface area (Å²) in [6, 6.07) is 80.9. The van der Waals surface area contributed by atoms with E-state index in [1.54, 1.807) is 0 Å². The molecule has 3 heterocycles. The van der Waals surface area contributed by atoms with Crippen molar-refractivity contribution in [2.24, 2.45) is 0 Å². The van der Waals surface area contributed by atoms with Gasteiger partial charge in [0, 0.05) is 68.0 Å². The van der Waals surface area contributed by atoms with E-state index >= 15 is 0 Å². The molecule has 3 aromatic heterocycles. The summed E-state index contributed by atoms with van der Waals surface area (Å²) in [6.07, 6.45) is 3.69. The van der Waals surface area contributed by atoms with E-state index < -0.39 is 0 Å². The minimum absolute atomic E-state index is 0.597. The van der Waals surface area contributed by atoms with Gasteiger partial charge in [0.25, 0.3) is 0 Å². The molecule has 0 spiro atoms. The molecule has 0 atom stereocenters. The molecule has 0 aliphatic heterocycles. The molecule has 0 N–H and O–H groups in total. The standard InChI is InChI=1S/C60H40N6/c1-4-13-41(14-5-1)43-23-27-46(28-24-43)58-62-59(47-29-25-44(26-30-47)42-15-6-2-7-16-42)64-60(63-58)48-18-12-21-51(39-48)66-56-34-32-52(65(49-19-8-3-9-20-49)50-35-37-61-38-36-50)40-55(56)54-33-31-45-17-10-11-22-53(45)57(54)66/h1-40H. The van der Waals surface area contributed by atoms with Crippen molar-refractivity contribution in [3.05, 3.63) is 243 Å². The molecule has 9 aromatic carbocycles. The Bertz CT molecular complexity index is 3530. The third kappa shape index (κ3) is 7.13. The van der Waals surface area contributed by atoms with Crippen molar-refractivity contribution in [3.8, 4) is 62.1 Å². The lowest BCUT2D eigenvalue weighted by molar-refractivity contribution is 1.07. The molecule has 0 unspecified atom stereocenters. The summed E-state index contributed by atoms with van der Waals surface area (Å²) in [5, 5.41) is 4.67. The summed E-state index contributed by atoms with van der Waals surface area (Å²) in [5.74, 6) is 1.82. The Labute approximate surface area is 382 Å². The van der Waals surface area contributed by atoms with Gasteiger partial charge in [-0.1, -0.05) is 176 Å². The second kappa shape index (κ2) is 16.6. The van der Waals surface area contributed by atoms with Crippen molar-refractivity contribution < 1.29 is 0 Å². The molecule has 0 saturated carbocycles. The van der Waals surface area contributed by atoms with Crippen molar-refractivity contribution in [2.75, 3.05) is 4.90 Å². The molecule has 0 aliphatic carbocycles. The van der Waals surface area contributed by atoms with Crippen LogP contribution in [0.1, 0.15) is 0 Å². The predicted octanol–water partition coefficient (Wildman–Crippen LogP) is 15.3. The van der Waals surface area contributed by atoms with Gasteiger partial charge in [-0.25, -0.2) is 15.0 Å². The lowest BCUT2D eigenvalue weighted by Crippen LogP contribution is -2.09. The lowest BCUT2D eigenvalue weighted by Gasteiger charge is -2.25. The predicted molar refractivity (Wildman–Crippen MR) is 271 cm³/mol. The summed E-state index contributed by atoms with van der Waals surface area (Å²) >= 11 is 0. The molecule has 6 nitrogen and oxygen atoms in total. The van der Waals surface area contributed by atoms with E-state index in [4.69, 9.17) is 15.0 Å². The molecular formula is C60H40N6. The van der Waals surface area contributed by atoms with Crippen LogP contribution in [0.25, 0.3) is 94.7 Å². The molecule has 12 rings (SSSR count). The zero-order valence-electron chi connectivity index (χ0n) is 35.8. The quantitative estimate of drug-likeness (QED) is 0.145. The molecule has 12 aromatic rings. The Morgan fingerprint density at radius 1 is 0.318 bits per heavy atom. The van der Waals surface area contributed by atoms with Gasteiger partial charge in [-0.05, 0) is 82.2 Å².